The first kappa shape index (κ1) is 19.9. The Labute approximate surface area is 157 Å². The molecule has 3 aliphatic rings. The van der Waals surface area contributed by atoms with Crippen molar-refractivity contribution in [1.29, 1.82) is 0 Å². The van der Waals surface area contributed by atoms with E-state index in [1.807, 2.05) is 0 Å². The summed E-state index contributed by atoms with van der Waals surface area (Å²) in [7, 11) is 0. The van der Waals surface area contributed by atoms with Gasteiger partial charge in [-0.2, -0.15) is 0 Å². The Bertz CT molecular complexity index is 558. The molecular weight excluding hydrogens is 328 g/mol. The third-order valence-corrected chi connectivity index (χ3v) is 8.56. The average molecular weight is 365 g/mol. The second-order valence-electron chi connectivity index (χ2n) is 9.75. The Hall–Kier alpha value is -0.900. The van der Waals surface area contributed by atoms with Crippen LogP contribution >= 0.6 is 0 Å². The van der Waals surface area contributed by atoms with Gasteiger partial charge in [0.1, 0.15) is 5.78 Å². The largest absolute Gasteiger partial charge is 0.481 e. The summed E-state index contributed by atoms with van der Waals surface area (Å²) >= 11 is 0. The highest BCUT2D eigenvalue weighted by Crippen LogP contribution is 2.64. The van der Waals surface area contributed by atoms with E-state index in [1.54, 1.807) is 0 Å². The molecule has 3 rings (SSSR count). The molecule has 3 aliphatic carbocycles. The number of unbranched alkanes of at least 4 members (excludes halogenated alkanes) is 1. The highest BCUT2D eigenvalue weighted by molar-refractivity contribution is 5.87. The predicted octanol–water partition coefficient (Wildman–Crippen LogP) is 4.44. The maximum absolute atomic E-state index is 12.5. The smallest absolute Gasteiger partial charge is 0.303 e. The van der Waals surface area contributed by atoms with Crippen LogP contribution in [0.3, 0.4) is 0 Å². The molecule has 0 bridgehead atoms. The fraction of sp³-hybridized carbons (Fsp3) is 0.909. The zero-order valence-electron chi connectivity index (χ0n) is 16.7. The van der Waals surface area contributed by atoms with Gasteiger partial charge >= 0.3 is 5.97 Å². The number of carbonyl (C=O) groups excluding carboxylic acids is 1. The summed E-state index contributed by atoms with van der Waals surface area (Å²) < 4.78 is 0. The summed E-state index contributed by atoms with van der Waals surface area (Å²) in [6.07, 6.45) is 8.02. The number of carboxylic acid groups (broad SMARTS) is 1. The van der Waals surface area contributed by atoms with Crippen LogP contribution < -0.4 is 0 Å². The van der Waals surface area contributed by atoms with Gasteiger partial charge in [0.15, 0.2) is 0 Å². The van der Waals surface area contributed by atoms with Gasteiger partial charge in [-0.25, -0.2) is 0 Å². The van der Waals surface area contributed by atoms with Crippen LogP contribution in [-0.4, -0.2) is 28.1 Å². The minimum Gasteiger partial charge on any atom is -0.481 e. The van der Waals surface area contributed by atoms with Crippen LogP contribution in [0.15, 0.2) is 0 Å². The van der Waals surface area contributed by atoms with Gasteiger partial charge in [-0.1, -0.05) is 33.6 Å². The number of rotatable bonds is 6. The molecule has 0 spiro atoms. The topological polar surface area (TPSA) is 74.6 Å². The molecule has 0 radical (unpaired) electrons. The van der Waals surface area contributed by atoms with E-state index >= 15 is 0 Å². The van der Waals surface area contributed by atoms with Gasteiger partial charge in [0, 0.05) is 18.3 Å². The minimum absolute atomic E-state index is 0.136. The van der Waals surface area contributed by atoms with Gasteiger partial charge in [0.2, 0.25) is 0 Å². The molecule has 0 heterocycles. The number of aliphatic hydroxyl groups is 1. The SMILES string of the molecule is CCCC[C@H]1C(O)C[C@@H]2[C@H](CC[C@]3(C)C(=O)CC[C@@H]23)[C@@]1(C)CCC(=O)O. The molecule has 2 N–H and O–H groups in total. The van der Waals surface area contributed by atoms with Crippen molar-refractivity contribution < 1.29 is 19.8 Å². The van der Waals surface area contributed by atoms with E-state index in [4.69, 9.17) is 0 Å². The van der Waals surface area contributed by atoms with Crippen molar-refractivity contribution in [2.45, 2.75) is 91.1 Å². The standard InChI is InChI=1S/C22H36O4/c1-4-5-6-17-18(23)13-14-15-7-8-19(24)22(15,3)11-9-16(14)21(17,2)12-10-20(25)26/h14-18,23H,4-13H2,1-3H3,(H,25,26)/t14-,15-,16-,17-,18?,21+,22-/m0/s1. The Morgan fingerprint density at radius 3 is 2.62 bits per heavy atom. The number of ketones is 1. The van der Waals surface area contributed by atoms with Crippen molar-refractivity contribution >= 4 is 11.8 Å². The molecule has 0 aromatic carbocycles. The summed E-state index contributed by atoms with van der Waals surface area (Å²) in [4.78, 5) is 23.8. The fourth-order valence-corrected chi connectivity index (χ4v) is 7.06. The van der Waals surface area contributed by atoms with Gasteiger partial charge in [0.25, 0.3) is 0 Å². The van der Waals surface area contributed by atoms with Crippen molar-refractivity contribution in [2.24, 2.45) is 34.5 Å². The van der Waals surface area contributed by atoms with Crippen LogP contribution in [-0.2, 0) is 9.59 Å². The quantitative estimate of drug-likeness (QED) is 0.730. The Morgan fingerprint density at radius 1 is 1.23 bits per heavy atom. The number of Topliss-reactive ketones (excluding diaryl/α,β-unsaturated/α-hetero) is 1. The predicted molar refractivity (Wildman–Crippen MR) is 101 cm³/mol. The Balaban J connectivity index is 1.91. The van der Waals surface area contributed by atoms with E-state index in [9.17, 15) is 19.8 Å². The van der Waals surface area contributed by atoms with E-state index in [-0.39, 0.29) is 29.3 Å². The first-order valence-corrected chi connectivity index (χ1v) is 10.7. The van der Waals surface area contributed by atoms with Crippen LogP contribution in [0.5, 0.6) is 0 Å². The first-order valence-electron chi connectivity index (χ1n) is 10.7. The van der Waals surface area contributed by atoms with Crippen LogP contribution in [0.25, 0.3) is 0 Å². The molecule has 3 fully saturated rings. The van der Waals surface area contributed by atoms with Gasteiger partial charge in [-0.05, 0) is 67.6 Å². The molecule has 0 amide bonds. The summed E-state index contributed by atoms with van der Waals surface area (Å²) in [6.45, 7) is 6.56. The molecule has 4 nitrogen and oxygen atoms in total. The van der Waals surface area contributed by atoms with Crippen LogP contribution in [0.2, 0.25) is 0 Å². The van der Waals surface area contributed by atoms with Gasteiger partial charge in [0.05, 0.1) is 6.10 Å². The van der Waals surface area contributed by atoms with E-state index in [2.05, 4.69) is 20.8 Å². The van der Waals surface area contributed by atoms with Crippen molar-refractivity contribution in [2.75, 3.05) is 0 Å². The average Bonchev–Trinajstić information content (AvgIpc) is 2.88. The van der Waals surface area contributed by atoms with Crippen LogP contribution in [0.4, 0.5) is 0 Å². The van der Waals surface area contributed by atoms with Gasteiger partial charge < -0.3 is 10.2 Å². The maximum Gasteiger partial charge on any atom is 0.303 e. The lowest BCUT2D eigenvalue weighted by atomic mass is 9.46. The molecule has 7 atom stereocenters. The molecule has 3 saturated carbocycles. The number of carboxylic acids is 1. The van der Waals surface area contributed by atoms with E-state index < -0.39 is 5.97 Å². The second-order valence-corrected chi connectivity index (χ2v) is 9.75. The third kappa shape index (κ3) is 3.12. The normalized spacial score (nSPS) is 45.2. The number of aliphatic carboxylic acids is 1. The summed E-state index contributed by atoms with van der Waals surface area (Å²) in [5.41, 5.74) is -0.340. The number of fused-ring (bicyclic) bond motifs is 3. The first-order chi connectivity index (χ1) is 12.2. The molecule has 148 valence electrons. The fourth-order valence-electron chi connectivity index (χ4n) is 7.06. The summed E-state index contributed by atoms with van der Waals surface area (Å²) in [5, 5.41) is 20.4. The molecule has 0 aliphatic heterocycles. The second kappa shape index (κ2) is 7.26. The van der Waals surface area contributed by atoms with Gasteiger partial charge in [-0.15, -0.1) is 0 Å². The molecule has 1 unspecified atom stereocenters. The van der Waals surface area contributed by atoms with Crippen LogP contribution in [0, 0.1) is 34.5 Å². The lowest BCUT2D eigenvalue weighted by Crippen LogP contribution is -2.56. The Kier molecular flexibility index (Phi) is 5.54. The molecular formula is C22H36O4. The number of carbonyl (C=O) groups is 2. The van der Waals surface area contributed by atoms with Crippen molar-refractivity contribution in [1.82, 2.24) is 0 Å². The van der Waals surface area contributed by atoms with Crippen LogP contribution in [0.1, 0.15) is 85.0 Å². The maximum atomic E-state index is 12.5. The number of hydrogen-bond donors (Lipinski definition) is 2. The van der Waals surface area contributed by atoms with Gasteiger partial charge in [-0.3, -0.25) is 9.59 Å². The van der Waals surface area contributed by atoms with E-state index in [0.29, 0.717) is 36.4 Å². The zero-order valence-corrected chi connectivity index (χ0v) is 16.7. The van der Waals surface area contributed by atoms with Crippen molar-refractivity contribution in [3.8, 4) is 0 Å². The van der Waals surface area contributed by atoms with Crippen molar-refractivity contribution in [3.63, 3.8) is 0 Å². The number of aliphatic hydroxyl groups excluding tert-OH is 1. The Morgan fingerprint density at radius 2 is 1.96 bits per heavy atom. The monoisotopic (exact) mass is 364 g/mol. The minimum atomic E-state index is -0.742. The summed E-state index contributed by atoms with van der Waals surface area (Å²) in [6, 6.07) is 0. The number of hydrogen-bond acceptors (Lipinski definition) is 3. The van der Waals surface area contributed by atoms with Crippen molar-refractivity contribution in [3.05, 3.63) is 0 Å². The third-order valence-electron chi connectivity index (χ3n) is 8.56. The lowest BCUT2D eigenvalue weighted by molar-refractivity contribution is -0.157. The highest BCUT2D eigenvalue weighted by atomic mass is 16.4. The van der Waals surface area contributed by atoms with E-state index in [1.165, 1.54) is 0 Å². The lowest BCUT2D eigenvalue weighted by Gasteiger charge is -2.59. The molecule has 4 heteroatoms. The van der Waals surface area contributed by atoms with E-state index in [0.717, 1.165) is 44.9 Å². The summed E-state index contributed by atoms with van der Waals surface area (Å²) in [5.74, 6) is 1.04. The highest BCUT2D eigenvalue weighted by Gasteiger charge is 2.60. The molecule has 0 aromatic heterocycles. The molecule has 0 aromatic rings. The molecule has 0 saturated heterocycles. The zero-order chi connectivity index (χ0) is 19.1. The molecule has 26 heavy (non-hydrogen) atoms.